The van der Waals surface area contributed by atoms with Crippen molar-refractivity contribution in [2.75, 3.05) is 31.7 Å². The Labute approximate surface area is 464 Å². The molecule has 14 N–H and O–H groups in total. The van der Waals surface area contributed by atoms with Crippen molar-refractivity contribution in [2.24, 2.45) is 29.0 Å². The monoisotopic (exact) mass is 1090 g/mol. The molecule has 0 unspecified atom stereocenters. The molecule has 11 amide bonds. The zero-order valence-corrected chi connectivity index (χ0v) is 43.1. The summed E-state index contributed by atoms with van der Waals surface area (Å²) in [6, 6.07) is -2.40. The Balaban J connectivity index is 0.00000527. The fourth-order valence-corrected chi connectivity index (χ4v) is 8.66. The van der Waals surface area contributed by atoms with Gasteiger partial charge in [-0.15, -0.1) is 0 Å². The number of nitrogens with zero attached hydrogens (tertiary/aromatic N) is 1. The van der Waals surface area contributed by atoms with Crippen LogP contribution in [0.4, 0.5) is 0 Å². The molecule has 0 aromatic heterocycles. The SMILES string of the molecule is CC(=O)O.CC[C@H](C)[C@@H]1NC(=O)[C@H](Cc2ccc(OC)cc2)NC(=O)CCCSC[C@@H](C(=O)N2CCC[C@H]2C(=O)N[C@@H](CC(C)C)C(=O)NCC(N)=O)NC(=O)[C@H](CC(N)=O)NC(=O)[C@H](CCC(N)=O)NC1=O.[CaH2]. The molecule has 2 aliphatic rings. The normalized spacial score (nSPS) is 21.9. The third-order valence-corrected chi connectivity index (χ3v) is 12.7. The molecular weight excluding hydrogens is 1010 g/mol. The first-order chi connectivity index (χ1) is 34.4. The molecule has 2 saturated heterocycles. The molecule has 74 heavy (non-hydrogen) atoms. The summed E-state index contributed by atoms with van der Waals surface area (Å²) in [4.78, 5) is 157. The molecule has 0 aliphatic carbocycles. The molecule has 2 aliphatic heterocycles. The second-order valence-electron chi connectivity index (χ2n) is 18.2. The van der Waals surface area contributed by atoms with E-state index in [2.05, 4.69) is 37.2 Å². The van der Waals surface area contributed by atoms with E-state index in [0.29, 0.717) is 24.2 Å². The van der Waals surface area contributed by atoms with Gasteiger partial charge in [0.1, 0.15) is 48.0 Å². The number of nitrogens with two attached hydrogens (primary N) is 3. The van der Waals surface area contributed by atoms with E-state index in [0.717, 1.165) is 6.92 Å². The van der Waals surface area contributed by atoms with Gasteiger partial charge in [-0.1, -0.05) is 46.2 Å². The van der Waals surface area contributed by atoms with Crippen LogP contribution >= 0.6 is 11.8 Å². The van der Waals surface area contributed by atoms with Crippen molar-refractivity contribution in [2.45, 2.75) is 141 Å². The van der Waals surface area contributed by atoms with Gasteiger partial charge in [0.25, 0.3) is 5.97 Å². The van der Waals surface area contributed by atoms with Crippen LogP contribution in [0.25, 0.3) is 0 Å². The zero-order chi connectivity index (χ0) is 54.9. The van der Waals surface area contributed by atoms with Crippen LogP contribution in [0.2, 0.25) is 0 Å². The number of amides is 11. The van der Waals surface area contributed by atoms with Crippen molar-refractivity contribution in [1.29, 1.82) is 0 Å². The molecule has 27 heteroatoms. The number of carbonyl (C=O) groups excluding carboxylic acids is 11. The van der Waals surface area contributed by atoms with Gasteiger partial charge in [0.05, 0.1) is 20.1 Å². The second-order valence-corrected chi connectivity index (χ2v) is 19.3. The third kappa shape index (κ3) is 24.1. The fourth-order valence-electron chi connectivity index (χ4n) is 7.68. The van der Waals surface area contributed by atoms with Crippen LogP contribution in [0.3, 0.4) is 0 Å². The van der Waals surface area contributed by atoms with Crippen LogP contribution < -0.4 is 59.2 Å². The Morgan fingerprint density at radius 3 is 2.00 bits per heavy atom. The van der Waals surface area contributed by atoms with E-state index in [-0.39, 0.29) is 100 Å². The number of carboxylic acids is 1. The number of hydrogen-bond donors (Lipinski definition) is 11. The Bertz CT molecular complexity index is 2130. The molecule has 2 fully saturated rings. The summed E-state index contributed by atoms with van der Waals surface area (Å²) in [7, 11) is 1.50. The van der Waals surface area contributed by atoms with E-state index in [1.165, 1.54) is 23.8 Å². The summed E-state index contributed by atoms with van der Waals surface area (Å²) in [6.45, 7) is 7.83. The summed E-state index contributed by atoms with van der Waals surface area (Å²) >= 11 is 1.18. The number of nitrogens with one attached hydrogen (secondary N) is 7. The summed E-state index contributed by atoms with van der Waals surface area (Å²) in [5.41, 5.74) is 16.8. The number of likely N-dealkylation sites (tertiary alicyclic amines) is 1. The van der Waals surface area contributed by atoms with Gasteiger partial charge in [-0.05, 0) is 67.4 Å². The molecule has 410 valence electrons. The number of ether oxygens (including phenoxy) is 1. The molecular formula is C47H75CaN11O14S. The first-order valence-corrected chi connectivity index (χ1v) is 25.2. The number of rotatable bonds is 18. The number of aliphatic carboxylic acids is 1. The maximum atomic E-state index is 14.5. The van der Waals surface area contributed by atoms with Gasteiger partial charge in [-0.2, -0.15) is 11.8 Å². The number of hydrogen-bond acceptors (Lipinski definition) is 14. The Hall–Kier alpha value is -5.73. The fraction of sp³-hybridized carbons (Fsp3) is 0.617. The average Bonchev–Trinajstić information content (AvgIpc) is 3.82. The molecule has 8 atom stereocenters. The number of carbonyl (C=O) groups is 12. The van der Waals surface area contributed by atoms with Crippen molar-refractivity contribution in [3.63, 3.8) is 0 Å². The topological polar surface area (TPSA) is 400 Å². The van der Waals surface area contributed by atoms with Gasteiger partial charge < -0.3 is 69.2 Å². The standard InChI is InChI=1S/C45H69N11O12S.C2H4O2.Ca.2H/c1-6-25(4)38-44(66)51-28(15-16-34(46)57)40(62)52-31(21-35(47)58)41(63)54-32(23-69-18-8-10-37(60)50-30(42(64)55-38)20-26-11-13-27(68-5)14-12-26)45(67)56-17-7-9-33(56)43(65)53-29(19-24(2)3)39(61)49-22-36(48)59;1-2(3)4;;;/h11-14,24-25,28-33,38H,6-10,15-23H2,1-5H3,(H2,46,57)(H2,47,58)(H2,48,59)(H,49,61)(H,50,60)(H,51,66)(H,52,62)(H,53,65)(H,54,63)(H,55,64);1H3,(H,3,4);;;/t25-,28-,29-,30-,31-,32-,33-,38-;;;;/m0..../s1. The van der Waals surface area contributed by atoms with Crippen molar-refractivity contribution in [1.82, 2.24) is 42.1 Å². The predicted octanol–water partition coefficient (Wildman–Crippen LogP) is -3.33. The first-order valence-electron chi connectivity index (χ1n) is 24.0. The van der Waals surface area contributed by atoms with Crippen molar-refractivity contribution >= 4 is 120 Å². The van der Waals surface area contributed by atoms with E-state index >= 15 is 0 Å². The number of thioether (sulfide) groups is 1. The summed E-state index contributed by atoms with van der Waals surface area (Å²) in [6.07, 6.45) is -0.176. The molecule has 0 radical (unpaired) electrons. The molecule has 2 heterocycles. The summed E-state index contributed by atoms with van der Waals surface area (Å²) < 4.78 is 5.25. The van der Waals surface area contributed by atoms with Crippen LogP contribution in [0.5, 0.6) is 5.75 Å². The first kappa shape index (κ1) is 66.3. The quantitative estimate of drug-likeness (QED) is 0.0641. The number of carboxylic acid groups (broad SMARTS) is 1. The molecule has 1 aromatic rings. The van der Waals surface area contributed by atoms with Gasteiger partial charge in [0.15, 0.2) is 0 Å². The second kappa shape index (κ2) is 34.0. The molecule has 25 nitrogen and oxygen atoms in total. The summed E-state index contributed by atoms with van der Waals surface area (Å²) in [5, 5.41) is 25.6. The summed E-state index contributed by atoms with van der Waals surface area (Å²) in [5.74, 6) is -9.43. The predicted molar refractivity (Wildman–Crippen MR) is 275 cm³/mol. The Kier molecular flexibility index (Phi) is 30.4. The van der Waals surface area contributed by atoms with Crippen molar-refractivity contribution < 1.29 is 67.4 Å². The zero-order valence-electron chi connectivity index (χ0n) is 42.2. The van der Waals surface area contributed by atoms with Crippen LogP contribution in [-0.2, 0) is 64.0 Å². The van der Waals surface area contributed by atoms with Gasteiger partial charge in [-0.3, -0.25) is 57.5 Å². The molecule has 0 bridgehead atoms. The Morgan fingerprint density at radius 1 is 0.824 bits per heavy atom. The van der Waals surface area contributed by atoms with Gasteiger partial charge in [0, 0.05) is 38.5 Å². The number of methoxy groups -OCH3 is 1. The molecule has 1 aromatic carbocycles. The molecule has 3 rings (SSSR count). The van der Waals surface area contributed by atoms with Crippen molar-refractivity contribution in [3.8, 4) is 5.75 Å². The van der Waals surface area contributed by atoms with E-state index in [9.17, 15) is 52.7 Å². The van der Waals surface area contributed by atoms with Crippen LogP contribution in [0.1, 0.15) is 98.0 Å². The maximum absolute atomic E-state index is 14.5. The van der Waals surface area contributed by atoms with Crippen LogP contribution in [0.15, 0.2) is 24.3 Å². The van der Waals surface area contributed by atoms with Crippen LogP contribution in [0, 0.1) is 11.8 Å². The van der Waals surface area contributed by atoms with E-state index < -0.39 is 139 Å². The number of benzene rings is 1. The van der Waals surface area contributed by atoms with Crippen LogP contribution in [-0.4, -0.2) is 193 Å². The van der Waals surface area contributed by atoms with E-state index in [1.54, 1.807) is 38.1 Å². The van der Waals surface area contributed by atoms with E-state index in [4.69, 9.17) is 31.8 Å². The minimum absolute atomic E-state index is 0. The van der Waals surface area contributed by atoms with Gasteiger partial charge in [-0.25, -0.2) is 0 Å². The van der Waals surface area contributed by atoms with E-state index in [1.807, 2.05) is 13.8 Å². The molecule has 0 saturated carbocycles. The van der Waals surface area contributed by atoms with Crippen molar-refractivity contribution in [3.05, 3.63) is 29.8 Å². The van der Waals surface area contributed by atoms with Gasteiger partial charge in [0.2, 0.25) is 65.0 Å². The number of primary amides is 3. The van der Waals surface area contributed by atoms with Gasteiger partial charge >= 0.3 is 37.7 Å². The Morgan fingerprint density at radius 2 is 1.43 bits per heavy atom. The average molecular weight is 1090 g/mol. The minimum atomic E-state index is -1.71. The third-order valence-electron chi connectivity index (χ3n) is 11.6. The molecule has 0 spiro atoms.